The first-order valence-electron chi connectivity index (χ1n) is 12.0. The minimum atomic E-state index is -0.373. The summed E-state index contributed by atoms with van der Waals surface area (Å²) in [6, 6.07) is 19.4. The predicted octanol–water partition coefficient (Wildman–Crippen LogP) is 4.80. The van der Waals surface area contributed by atoms with Crippen LogP contribution in [0.3, 0.4) is 0 Å². The maximum absolute atomic E-state index is 12.6. The van der Waals surface area contributed by atoms with Gasteiger partial charge in [-0.25, -0.2) is 0 Å². The zero-order chi connectivity index (χ0) is 26.8. The fourth-order valence-electron chi connectivity index (χ4n) is 3.48. The number of ether oxygens (including phenoxy) is 1. The Kier molecular flexibility index (Phi) is 9.32. The molecule has 0 aliphatic rings. The normalized spacial score (nSPS) is 10.1. The Balaban J connectivity index is 0.00000186. The Labute approximate surface area is 216 Å². The van der Waals surface area contributed by atoms with E-state index in [0.29, 0.717) is 34.9 Å². The monoisotopic (exact) mass is 497 g/mol. The number of nitrogen functional groups attached to an aromatic ring is 1. The van der Waals surface area contributed by atoms with E-state index >= 15 is 0 Å². The minimum Gasteiger partial charge on any atom is -0.456 e. The van der Waals surface area contributed by atoms with Crippen LogP contribution in [0.4, 0.5) is 5.69 Å². The number of nitrogens with one attached hydrogen (secondary N) is 2. The number of pyridine rings is 2. The summed E-state index contributed by atoms with van der Waals surface area (Å²) in [5.41, 5.74) is 9.46. The summed E-state index contributed by atoms with van der Waals surface area (Å²) >= 11 is 0. The molecule has 4 rings (SSSR count). The van der Waals surface area contributed by atoms with Crippen LogP contribution in [0.25, 0.3) is 0 Å². The van der Waals surface area contributed by atoms with Crippen molar-refractivity contribution in [3.8, 4) is 11.5 Å². The molecule has 2 aromatic carbocycles. The topological polar surface area (TPSA) is 123 Å². The van der Waals surface area contributed by atoms with Crippen molar-refractivity contribution in [2.45, 2.75) is 27.3 Å². The number of aromatic nitrogens is 2. The molecule has 0 unspecified atom stereocenters. The van der Waals surface area contributed by atoms with E-state index in [9.17, 15) is 9.59 Å². The van der Waals surface area contributed by atoms with Crippen LogP contribution in [0.5, 0.6) is 11.5 Å². The number of anilines is 1. The average molecular weight is 498 g/mol. The molecule has 0 bridgehead atoms. The van der Waals surface area contributed by atoms with Crippen molar-refractivity contribution in [2.75, 3.05) is 12.3 Å². The summed E-state index contributed by atoms with van der Waals surface area (Å²) < 4.78 is 7.47. The van der Waals surface area contributed by atoms with Gasteiger partial charge in [-0.1, -0.05) is 43.7 Å². The lowest BCUT2D eigenvalue weighted by Crippen LogP contribution is -2.30. The smallest absolute Gasteiger partial charge is 0.253 e. The van der Waals surface area contributed by atoms with Crippen LogP contribution in [-0.2, 0) is 6.54 Å². The number of carbonyl (C=O) groups excluding carboxylic acids is 1. The van der Waals surface area contributed by atoms with E-state index in [1.54, 1.807) is 41.1 Å². The third-order valence-corrected chi connectivity index (χ3v) is 5.35. The summed E-state index contributed by atoms with van der Waals surface area (Å²) in [6.07, 6.45) is 4.70. The van der Waals surface area contributed by atoms with Crippen molar-refractivity contribution in [2.24, 2.45) is 0 Å². The van der Waals surface area contributed by atoms with E-state index in [1.165, 1.54) is 18.5 Å². The van der Waals surface area contributed by atoms with Crippen LogP contribution < -0.4 is 21.3 Å². The van der Waals surface area contributed by atoms with Gasteiger partial charge in [0.1, 0.15) is 11.5 Å². The first-order valence-corrected chi connectivity index (χ1v) is 12.0. The quantitative estimate of drug-likeness (QED) is 0.238. The van der Waals surface area contributed by atoms with Crippen molar-refractivity contribution in [3.05, 3.63) is 118 Å². The van der Waals surface area contributed by atoms with Crippen LogP contribution >= 0.6 is 0 Å². The first kappa shape index (κ1) is 26.9. The zero-order valence-corrected chi connectivity index (χ0v) is 21.2. The van der Waals surface area contributed by atoms with E-state index in [0.717, 1.165) is 11.1 Å². The predicted molar refractivity (Wildman–Crippen MR) is 147 cm³/mol. The molecular weight excluding hydrogens is 466 g/mol. The van der Waals surface area contributed by atoms with E-state index in [4.69, 9.17) is 15.9 Å². The number of amides is 1. The Hall–Kier alpha value is -4.72. The van der Waals surface area contributed by atoms with E-state index in [1.807, 2.05) is 51.1 Å². The Bertz CT molecular complexity index is 1430. The van der Waals surface area contributed by atoms with Gasteiger partial charge in [-0.3, -0.25) is 14.6 Å². The highest BCUT2D eigenvalue weighted by Crippen LogP contribution is 2.22. The maximum Gasteiger partial charge on any atom is 0.253 e. The second kappa shape index (κ2) is 12.8. The van der Waals surface area contributed by atoms with E-state index in [-0.39, 0.29) is 23.7 Å². The number of hydrogen-bond donors (Lipinski definition) is 3. The molecule has 0 aliphatic heterocycles. The number of rotatable bonds is 8. The molecule has 37 heavy (non-hydrogen) atoms. The lowest BCUT2D eigenvalue weighted by atomic mass is 10.0. The van der Waals surface area contributed by atoms with Crippen LogP contribution in [0.2, 0.25) is 0 Å². The van der Waals surface area contributed by atoms with Gasteiger partial charge in [-0.15, -0.1) is 0 Å². The molecule has 2 heterocycles. The average Bonchev–Trinajstić information content (AvgIpc) is 2.92. The summed E-state index contributed by atoms with van der Waals surface area (Å²) in [5, 5.41) is 11.0. The fourth-order valence-corrected chi connectivity index (χ4v) is 3.48. The number of hydrogen-bond acceptors (Lipinski definition) is 6. The highest BCUT2D eigenvalue weighted by atomic mass is 16.5. The molecule has 190 valence electrons. The molecular formula is C29H31N5O3. The molecule has 0 saturated carbocycles. The standard InChI is InChI=1S/C27H25N5O3.C2H6/c1-18-5-10-24(28)23(12-18)25(29)16-31-27(34)20-13-22(15-30-14-20)35-21-8-6-19(7-9-21)17-32-11-3-2-4-26(32)33;1-2/h2-15,29H,16-17,28H2,1H3,(H,31,34);1-2H3. The summed E-state index contributed by atoms with van der Waals surface area (Å²) in [4.78, 5) is 28.6. The van der Waals surface area contributed by atoms with Gasteiger partial charge in [0.2, 0.25) is 0 Å². The van der Waals surface area contributed by atoms with Crippen molar-refractivity contribution in [3.63, 3.8) is 0 Å². The van der Waals surface area contributed by atoms with Gasteiger partial charge in [-0.2, -0.15) is 0 Å². The summed E-state index contributed by atoms with van der Waals surface area (Å²) in [6.45, 7) is 6.41. The van der Waals surface area contributed by atoms with Gasteiger partial charge >= 0.3 is 0 Å². The van der Waals surface area contributed by atoms with Crippen molar-refractivity contribution in [1.82, 2.24) is 14.9 Å². The maximum atomic E-state index is 12.6. The van der Waals surface area contributed by atoms with Gasteiger partial charge in [0.05, 0.1) is 30.6 Å². The van der Waals surface area contributed by atoms with Crippen LogP contribution in [0.15, 0.2) is 90.1 Å². The third kappa shape index (κ3) is 7.38. The van der Waals surface area contributed by atoms with Gasteiger partial charge in [0.25, 0.3) is 11.5 Å². The third-order valence-electron chi connectivity index (χ3n) is 5.35. The van der Waals surface area contributed by atoms with E-state index in [2.05, 4.69) is 10.3 Å². The molecule has 0 atom stereocenters. The van der Waals surface area contributed by atoms with Gasteiger partial charge < -0.3 is 25.8 Å². The van der Waals surface area contributed by atoms with Gasteiger partial charge in [-0.05, 0) is 48.9 Å². The lowest BCUT2D eigenvalue weighted by molar-refractivity contribution is 0.0958. The van der Waals surface area contributed by atoms with Crippen molar-refractivity contribution >= 4 is 17.3 Å². The van der Waals surface area contributed by atoms with Crippen LogP contribution in [0, 0.1) is 12.3 Å². The molecule has 8 nitrogen and oxygen atoms in total. The highest BCUT2D eigenvalue weighted by Gasteiger charge is 2.11. The molecule has 0 saturated heterocycles. The van der Waals surface area contributed by atoms with Crippen LogP contribution in [-0.4, -0.2) is 27.7 Å². The van der Waals surface area contributed by atoms with Crippen molar-refractivity contribution in [1.29, 1.82) is 5.41 Å². The van der Waals surface area contributed by atoms with Crippen LogP contribution in [0.1, 0.15) is 40.9 Å². The second-order valence-electron chi connectivity index (χ2n) is 8.07. The number of benzene rings is 2. The SMILES string of the molecule is CC.Cc1ccc(N)c(C(=N)CNC(=O)c2cncc(Oc3ccc(Cn4ccccc4=O)cc3)c2)c1. The molecule has 4 aromatic rings. The first-order chi connectivity index (χ1) is 17.9. The Morgan fingerprint density at radius 3 is 2.51 bits per heavy atom. The minimum absolute atomic E-state index is 0.0313. The molecule has 8 heteroatoms. The van der Waals surface area contributed by atoms with Crippen molar-refractivity contribution < 1.29 is 9.53 Å². The largest absolute Gasteiger partial charge is 0.456 e. The highest BCUT2D eigenvalue weighted by molar-refractivity contribution is 6.06. The molecule has 0 fully saturated rings. The van der Waals surface area contributed by atoms with Gasteiger partial charge in [0, 0.05) is 29.7 Å². The molecule has 4 N–H and O–H groups in total. The number of nitrogens with zero attached hydrogens (tertiary/aromatic N) is 2. The zero-order valence-electron chi connectivity index (χ0n) is 21.2. The number of nitrogens with two attached hydrogens (primary N) is 1. The summed E-state index contributed by atoms with van der Waals surface area (Å²) in [5.74, 6) is 0.607. The molecule has 1 amide bonds. The molecule has 0 radical (unpaired) electrons. The number of carbonyl (C=O) groups is 1. The Morgan fingerprint density at radius 2 is 1.78 bits per heavy atom. The van der Waals surface area contributed by atoms with E-state index < -0.39 is 0 Å². The molecule has 2 aromatic heterocycles. The Morgan fingerprint density at radius 1 is 1.03 bits per heavy atom. The second-order valence-corrected chi connectivity index (χ2v) is 8.07. The number of aryl methyl sites for hydroxylation is 1. The summed E-state index contributed by atoms with van der Waals surface area (Å²) in [7, 11) is 0. The fraction of sp³-hybridized carbons (Fsp3) is 0.172. The lowest BCUT2D eigenvalue weighted by Gasteiger charge is -2.11. The molecule has 0 aliphatic carbocycles. The molecule has 0 spiro atoms. The van der Waals surface area contributed by atoms with Gasteiger partial charge in [0.15, 0.2) is 0 Å².